The van der Waals surface area contributed by atoms with Gasteiger partial charge in [-0.3, -0.25) is 4.68 Å². The summed E-state index contributed by atoms with van der Waals surface area (Å²) in [4.78, 5) is 0. The van der Waals surface area contributed by atoms with Crippen molar-refractivity contribution in [3.63, 3.8) is 0 Å². The minimum absolute atomic E-state index is 0.107. The van der Waals surface area contributed by atoms with E-state index >= 15 is 0 Å². The molecule has 0 bridgehead atoms. The molecule has 3 nitrogen and oxygen atoms in total. The molecule has 2 rings (SSSR count). The third kappa shape index (κ3) is 2.12. The molecule has 0 saturated carbocycles. The van der Waals surface area contributed by atoms with Gasteiger partial charge in [-0.1, -0.05) is 12.1 Å². The predicted octanol–water partition coefficient (Wildman–Crippen LogP) is 1.88. The van der Waals surface area contributed by atoms with Crippen LogP contribution in [-0.2, 0) is 0 Å². The normalized spacial score (nSPS) is 12.7. The zero-order chi connectivity index (χ0) is 11.5. The summed E-state index contributed by atoms with van der Waals surface area (Å²) in [7, 11) is 0. The fourth-order valence-corrected chi connectivity index (χ4v) is 1.72. The summed E-state index contributed by atoms with van der Waals surface area (Å²) in [6, 6.07) is 8.26. The Hall–Kier alpha value is -1.68. The lowest BCUT2D eigenvalue weighted by molar-refractivity contribution is 0.524. The summed E-state index contributed by atoms with van der Waals surface area (Å²) in [5.74, 6) is -0.250. The minimum atomic E-state index is -0.250. The van der Waals surface area contributed by atoms with Crippen LogP contribution in [-0.4, -0.2) is 16.3 Å². The van der Waals surface area contributed by atoms with Crippen LogP contribution in [0.15, 0.2) is 36.5 Å². The van der Waals surface area contributed by atoms with Gasteiger partial charge in [-0.05, 0) is 30.7 Å². The topological polar surface area (TPSA) is 43.8 Å². The van der Waals surface area contributed by atoms with Crippen LogP contribution in [0.1, 0.15) is 17.3 Å². The van der Waals surface area contributed by atoms with Crippen molar-refractivity contribution in [2.45, 2.75) is 13.0 Å². The second-order valence-corrected chi connectivity index (χ2v) is 3.74. The third-order valence-electron chi connectivity index (χ3n) is 2.52. The number of nitrogens with two attached hydrogens (primary N) is 1. The molecule has 2 aromatic rings. The monoisotopic (exact) mass is 219 g/mol. The van der Waals surface area contributed by atoms with Gasteiger partial charge in [0.1, 0.15) is 5.82 Å². The van der Waals surface area contributed by atoms with E-state index in [4.69, 9.17) is 5.73 Å². The van der Waals surface area contributed by atoms with E-state index in [9.17, 15) is 4.39 Å². The second-order valence-electron chi connectivity index (χ2n) is 3.74. The van der Waals surface area contributed by atoms with E-state index in [-0.39, 0.29) is 11.9 Å². The van der Waals surface area contributed by atoms with Crippen molar-refractivity contribution in [2.24, 2.45) is 5.73 Å². The summed E-state index contributed by atoms with van der Waals surface area (Å²) in [6.07, 6.45) is 1.86. The maximum absolute atomic E-state index is 13.1. The average molecular weight is 219 g/mol. The number of nitrogens with zero attached hydrogens (tertiary/aromatic N) is 2. The Bertz CT molecular complexity index is 479. The smallest absolute Gasteiger partial charge is 0.123 e. The lowest BCUT2D eigenvalue weighted by Crippen LogP contribution is -2.21. The number of rotatable bonds is 3. The second kappa shape index (κ2) is 4.45. The van der Waals surface area contributed by atoms with Gasteiger partial charge < -0.3 is 5.73 Å². The highest BCUT2D eigenvalue weighted by Gasteiger charge is 2.12. The maximum Gasteiger partial charge on any atom is 0.123 e. The van der Waals surface area contributed by atoms with E-state index in [1.165, 1.54) is 12.1 Å². The Kier molecular flexibility index (Phi) is 3.01. The van der Waals surface area contributed by atoms with Crippen LogP contribution in [0.25, 0.3) is 0 Å². The van der Waals surface area contributed by atoms with Gasteiger partial charge in [-0.25, -0.2) is 4.39 Å². The summed E-state index contributed by atoms with van der Waals surface area (Å²) in [5, 5.41) is 4.30. The largest absolute Gasteiger partial charge is 0.328 e. The molecule has 1 aromatic heterocycles. The van der Waals surface area contributed by atoms with Gasteiger partial charge in [0.2, 0.25) is 0 Å². The first kappa shape index (κ1) is 10.8. The molecule has 1 aromatic carbocycles. The zero-order valence-electron chi connectivity index (χ0n) is 9.10. The SMILES string of the molecule is Cc1ccn(C(CN)c2cccc(F)c2)n1. The summed E-state index contributed by atoms with van der Waals surface area (Å²) >= 11 is 0. The van der Waals surface area contributed by atoms with E-state index < -0.39 is 0 Å². The summed E-state index contributed by atoms with van der Waals surface area (Å²) in [6.45, 7) is 2.31. The molecule has 1 atom stereocenters. The molecule has 84 valence electrons. The van der Waals surface area contributed by atoms with Crippen molar-refractivity contribution < 1.29 is 4.39 Å². The number of aryl methyl sites for hydroxylation is 1. The van der Waals surface area contributed by atoms with Crippen molar-refractivity contribution in [3.8, 4) is 0 Å². The highest BCUT2D eigenvalue weighted by atomic mass is 19.1. The Morgan fingerprint density at radius 3 is 2.81 bits per heavy atom. The third-order valence-corrected chi connectivity index (χ3v) is 2.52. The van der Waals surface area contributed by atoms with Gasteiger partial charge in [-0.2, -0.15) is 5.10 Å². The zero-order valence-corrected chi connectivity index (χ0v) is 9.10. The number of halogens is 1. The van der Waals surface area contributed by atoms with E-state index in [0.717, 1.165) is 11.3 Å². The molecule has 1 heterocycles. The van der Waals surface area contributed by atoms with Gasteiger partial charge in [0.05, 0.1) is 11.7 Å². The van der Waals surface area contributed by atoms with Crippen molar-refractivity contribution in [3.05, 3.63) is 53.6 Å². The summed E-state index contributed by atoms with van der Waals surface area (Å²) in [5.41, 5.74) is 7.48. The standard InChI is InChI=1S/C12H14FN3/c1-9-5-6-16(15-9)12(8-14)10-3-2-4-11(13)7-10/h2-7,12H,8,14H2,1H3. The van der Waals surface area contributed by atoms with Gasteiger partial charge in [0.15, 0.2) is 0 Å². The van der Waals surface area contributed by atoms with Crippen LogP contribution >= 0.6 is 0 Å². The maximum atomic E-state index is 13.1. The van der Waals surface area contributed by atoms with Crippen molar-refractivity contribution in [1.29, 1.82) is 0 Å². The van der Waals surface area contributed by atoms with Gasteiger partial charge in [0, 0.05) is 12.7 Å². The van der Waals surface area contributed by atoms with Crippen LogP contribution in [0.4, 0.5) is 4.39 Å². The molecule has 0 saturated heterocycles. The Morgan fingerprint density at radius 1 is 1.44 bits per heavy atom. The molecule has 0 aliphatic heterocycles. The molecule has 2 N–H and O–H groups in total. The van der Waals surface area contributed by atoms with Crippen molar-refractivity contribution in [2.75, 3.05) is 6.54 Å². The van der Waals surface area contributed by atoms with Crippen LogP contribution in [0.2, 0.25) is 0 Å². The molecule has 0 spiro atoms. The Labute approximate surface area is 93.7 Å². The minimum Gasteiger partial charge on any atom is -0.328 e. The molecule has 1 unspecified atom stereocenters. The van der Waals surface area contributed by atoms with Crippen LogP contribution in [0.3, 0.4) is 0 Å². The molecule has 0 aliphatic rings. The highest BCUT2D eigenvalue weighted by molar-refractivity contribution is 5.21. The Morgan fingerprint density at radius 2 is 2.25 bits per heavy atom. The number of hydrogen-bond donors (Lipinski definition) is 1. The first-order valence-electron chi connectivity index (χ1n) is 5.18. The summed E-state index contributed by atoms with van der Waals surface area (Å²) < 4.78 is 14.9. The van der Waals surface area contributed by atoms with Crippen LogP contribution in [0.5, 0.6) is 0 Å². The fraction of sp³-hybridized carbons (Fsp3) is 0.250. The van der Waals surface area contributed by atoms with Gasteiger partial charge in [-0.15, -0.1) is 0 Å². The van der Waals surface area contributed by atoms with Crippen LogP contribution in [0, 0.1) is 12.7 Å². The van der Waals surface area contributed by atoms with Gasteiger partial charge in [0.25, 0.3) is 0 Å². The molecule has 0 amide bonds. The molecule has 0 radical (unpaired) electrons. The lowest BCUT2D eigenvalue weighted by Gasteiger charge is -2.15. The quantitative estimate of drug-likeness (QED) is 0.856. The van der Waals surface area contributed by atoms with E-state index in [0.29, 0.717) is 6.54 Å². The fourth-order valence-electron chi connectivity index (χ4n) is 1.72. The number of hydrogen-bond acceptors (Lipinski definition) is 2. The van der Waals surface area contributed by atoms with Crippen molar-refractivity contribution >= 4 is 0 Å². The molecular formula is C12H14FN3. The Balaban J connectivity index is 2.36. The van der Waals surface area contributed by atoms with Crippen molar-refractivity contribution in [1.82, 2.24) is 9.78 Å². The average Bonchev–Trinajstić information content (AvgIpc) is 2.66. The van der Waals surface area contributed by atoms with Gasteiger partial charge >= 0.3 is 0 Å². The van der Waals surface area contributed by atoms with E-state index in [2.05, 4.69) is 5.10 Å². The highest BCUT2D eigenvalue weighted by Crippen LogP contribution is 2.17. The van der Waals surface area contributed by atoms with E-state index in [1.54, 1.807) is 10.7 Å². The van der Waals surface area contributed by atoms with E-state index in [1.807, 2.05) is 25.3 Å². The molecule has 0 fully saturated rings. The molecule has 4 heteroatoms. The predicted molar refractivity (Wildman–Crippen MR) is 60.6 cm³/mol. The van der Waals surface area contributed by atoms with Crippen LogP contribution < -0.4 is 5.73 Å². The first-order chi connectivity index (χ1) is 7.70. The molecule has 0 aliphatic carbocycles. The number of benzene rings is 1. The molecular weight excluding hydrogens is 205 g/mol. The number of aromatic nitrogens is 2. The lowest BCUT2D eigenvalue weighted by atomic mass is 10.1. The first-order valence-corrected chi connectivity index (χ1v) is 5.18. The molecule has 16 heavy (non-hydrogen) atoms.